The first-order valence-corrected chi connectivity index (χ1v) is 7.53. The van der Waals surface area contributed by atoms with Gasteiger partial charge in [0.25, 0.3) is 0 Å². The molecule has 0 aliphatic rings. The Hall–Kier alpha value is -0.700. The molecule has 0 saturated heterocycles. The molecule has 0 N–H and O–H groups in total. The molecule has 0 unspecified atom stereocenters. The van der Waals surface area contributed by atoms with Crippen LogP contribution in [0.3, 0.4) is 0 Å². The zero-order chi connectivity index (χ0) is 13.4. The van der Waals surface area contributed by atoms with Gasteiger partial charge in [-0.1, -0.05) is 48.5 Å². The van der Waals surface area contributed by atoms with Crippen LogP contribution in [-0.4, -0.2) is 20.7 Å². The fourth-order valence-corrected chi connectivity index (χ4v) is 2.38. The second kappa shape index (κ2) is 8.41. The molecule has 1 aromatic rings. The maximum Gasteiger partial charge on any atom is 0.142 e. The molecule has 102 valence electrons. The Morgan fingerprint density at radius 2 is 1.89 bits per heavy atom. The van der Waals surface area contributed by atoms with Gasteiger partial charge < -0.3 is 9.64 Å². The van der Waals surface area contributed by atoms with Crippen LogP contribution in [0.15, 0.2) is 22.7 Å². The fraction of sp³-hybridized carbons (Fsp3) is 0.600. The minimum Gasteiger partial charge on any atom is -0.495 e. The van der Waals surface area contributed by atoms with Crippen LogP contribution < -0.4 is 9.64 Å². The average molecular weight is 314 g/mol. The first-order valence-electron chi connectivity index (χ1n) is 6.73. The number of halogens is 1. The molecule has 2 nitrogen and oxygen atoms in total. The van der Waals surface area contributed by atoms with E-state index < -0.39 is 0 Å². The van der Waals surface area contributed by atoms with Crippen molar-refractivity contribution in [2.75, 3.05) is 25.6 Å². The van der Waals surface area contributed by atoms with Crippen molar-refractivity contribution in [1.29, 1.82) is 0 Å². The SMILES string of the molecule is CCCCCCCN(C)c1cc(Br)ccc1OC. The monoisotopic (exact) mass is 313 g/mol. The molecule has 3 heteroatoms. The number of ether oxygens (including phenoxy) is 1. The summed E-state index contributed by atoms with van der Waals surface area (Å²) in [5.74, 6) is 0.939. The third-order valence-corrected chi connectivity index (χ3v) is 3.64. The van der Waals surface area contributed by atoms with Gasteiger partial charge in [-0.3, -0.25) is 0 Å². The van der Waals surface area contributed by atoms with Crippen LogP contribution in [0.1, 0.15) is 39.0 Å². The number of benzene rings is 1. The lowest BCUT2D eigenvalue weighted by atomic mass is 10.1. The molecule has 18 heavy (non-hydrogen) atoms. The first-order chi connectivity index (χ1) is 8.69. The van der Waals surface area contributed by atoms with Crippen molar-refractivity contribution in [1.82, 2.24) is 0 Å². The number of rotatable bonds is 8. The Morgan fingerprint density at radius 1 is 1.17 bits per heavy atom. The molecule has 0 aliphatic carbocycles. The highest BCUT2D eigenvalue weighted by Crippen LogP contribution is 2.30. The van der Waals surface area contributed by atoms with Crippen LogP contribution in [0, 0.1) is 0 Å². The summed E-state index contributed by atoms with van der Waals surface area (Å²) < 4.78 is 6.50. The van der Waals surface area contributed by atoms with Gasteiger partial charge in [0.2, 0.25) is 0 Å². The third-order valence-electron chi connectivity index (χ3n) is 3.15. The van der Waals surface area contributed by atoms with E-state index in [1.165, 1.54) is 32.1 Å². The number of hydrogen-bond acceptors (Lipinski definition) is 2. The molecule has 0 bridgehead atoms. The molecular formula is C15H24BrNO. The summed E-state index contributed by atoms with van der Waals surface area (Å²) in [6, 6.07) is 6.13. The van der Waals surface area contributed by atoms with Gasteiger partial charge >= 0.3 is 0 Å². The van der Waals surface area contributed by atoms with Gasteiger partial charge in [-0.2, -0.15) is 0 Å². The molecular weight excluding hydrogens is 290 g/mol. The van der Waals surface area contributed by atoms with Gasteiger partial charge in [0.1, 0.15) is 5.75 Å². The van der Waals surface area contributed by atoms with Crippen molar-refractivity contribution in [3.05, 3.63) is 22.7 Å². The van der Waals surface area contributed by atoms with E-state index in [0.29, 0.717) is 0 Å². The normalized spacial score (nSPS) is 10.4. The molecule has 1 rings (SSSR count). The van der Waals surface area contributed by atoms with E-state index in [4.69, 9.17) is 4.74 Å². The lowest BCUT2D eigenvalue weighted by Gasteiger charge is -2.22. The maximum atomic E-state index is 5.40. The third kappa shape index (κ3) is 4.89. The van der Waals surface area contributed by atoms with E-state index in [1.807, 2.05) is 12.1 Å². The minimum absolute atomic E-state index is 0.939. The van der Waals surface area contributed by atoms with Gasteiger partial charge in [0.05, 0.1) is 12.8 Å². The first kappa shape index (κ1) is 15.4. The smallest absolute Gasteiger partial charge is 0.142 e. The van der Waals surface area contributed by atoms with Crippen molar-refractivity contribution < 1.29 is 4.74 Å². The summed E-state index contributed by atoms with van der Waals surface area (Å²) in [7, 11) is 3.85. The quantitative estimate of drug-likeness (QED) is 0.635. The van der Waals surface area contributed by atoms with Crippen molar-refractivity contribution in [2.45, 2.75) is 39.0 Å². The Kier molecular flexibility index (Phi) is 7.18. The van der Waals surface area contributed by atoms with Crippen molar-refractivity contribution in [3.8, 4) is 5.75 Å². The van der Waals surface area contributed by atoms with Crippen molar-refractivity contribution in [2.24, 2.45) is 0 Å². The average Bonchev–Trinajstić information content (AvgIpc) is 2.38. The van der Waals surface area contributed by atoms with E-state index >= 15 is 0 Å². The van der Waals surface area contributed by atoms with Crippen LogP contribution in [0.2, 0.25) is 0 Å². The Morgan fingerprint density at radius 3 is 2.56 bits per heavy atom. The summed E-state index contributed by atoms with van der Waals surface area (Å²) in [4.78, 5) is 2.27. The predicted octanol–water partition coefficient (Wildman–Crippen LogP) is 4.86. The van der Waals surface area contributed by atoms with E-state index in [-0.39, 0.29) is 0 Å². The van der Waals surface area contributed by atoms with Gasteiger partial charge in [0.15, 0.2) is 0 Å². The van der Waals surface area contributed by atoms with Crippen LogP contribution in [0.25, 0.3) is 0 Å². The summed E-state index contributed by atoms with van der Waals surface area (Å²) in [5, 5.41) is 0. The number of hydrogen-bond donors (Lipinski definition) is 0. The standard InChI is InChI=1S/C15H24BrNO/c1-4-5-6-7-8-11-17(2)14-12-13(16)9-10-15(14)18-3/h9-10,12H,4-8,11H2,1-3H3. The largest absolute Gasteiger partial charge is 0.495 e. The highest BCUT2D eigenvalue weighted by atomic mass is 79.9. The zero-order valence-corrected chi connectivity index (χ0v) is 13.3. The predicted molar refractivity (Wildman–Crippen MR) is 82.7 cm³/mol. The van der Waals surface area contributed by atoms with Crippen molar-refractivity contribution in [3.63, 3.8) is 0 Å². The fourth-order valence-electron chi connectivity index (χ4n) is 2.03. The van der Waals surface area contributed by atoms with Crippen molar-refractivity contribution >= 4 is 21.6 Å². The summed E-state index contributed by atoms with van der Waals surface area (Å²) in [6.45, 7) is 3.33. The molecule has 0 aromatic heterocycles. The van der Waals surface area contributed by atoms with Crippen LogP contribution in [-0.2, 0) is 0 Å². The minimum atomic E-state index is 0.939. The molecule has 0 aliphatic heterocycles. The number of nitrogens with zero attached hydrogens (tertiary/aromatic N) is 1. The van der Waals surface area contributed by atoms with Gasteiger partial charge in [-0.15, -0.1) is 0 Å². The Bertz CT molecular complexity index is 354. The molecule has 0 amide bonds. The van der Waals surface area contributed by atoms with E-state index in [9.17, 15) is 0 Å². The molecule has 0 atom stereocenters. The summed E-state index contributed by atoms with van der Waals surface area (Å²) >= 11 is 3.51. The van der Waals surface area contributed by atoms with E-state index in [1.54, 1.807) is 7.11 Å². The second-order valence-corrected chi connectivity index (χ2v) is 5.57. The Labute approximate surface area is 119 Å². The van der Waals surface area contributed by atoms with E-state index in [2.05, 4.69) is 40.9 Å². The van der Waals surface area contributed by atoms with Crippen LogP contribution in [0.4, 0.5) is 5.69 Å². The molecule has 0 heterocycles. The van der Waals surface area contributed by atoms with Gasteiger partial charge in [-0.05, 0) is 24.6 Å². The maximum absolute atomic E-state index is 5.40. The number of methoxy groups -OCH3 is 1. The molecule has 0 saturated carbocycles. The molecule has 0 spiro atoms. The lowest BCUT2D eigenvalue weighted by molar-refractivity contribution is 0.414. The van der Waals surface area contributed by atoms with Gasteiger partial charge in [0, 0.05) is 18.1 Å². The summed E-state index contributed by atoms with van der Waals surface area (Å²) in [5.41, 5.74) is 1.15. The summed E-state index contributed by atoms with van der Waals surface area (Å²) in [6.07, 6.45) is 6.56. The van der Waals surface area contributed by atoms with Crippen LogP contribution in [0.5, 0.6) is 5.75 Å². The highest BCUT2D eigenvalue weighted by molar-refractivity contribution is 9.10. The number of unbranched alkanes of at least 4 members (excludes halogenated alkanes) is 4. The number of anilines is 1. The topological polar surface area (TPSA) is 12.5 Å². The van der Waals surface area contributed by atoms with Gasteiger partial charge in [-0.25, -0.2) is 0 Å². The lowest BCUT2D eigenvalue weighted by Crippen LogP contribution is -2.19. The zero-order valence-electron chi connectivity index (χ0n) is 11.7. The van der Waals surface area contributed by atoms with Crippen LogP contribution >= 0.6 is 15.9 Å². The Balaban J connectivity index is 2.49. The molecule has 0 radical (unpaired) electrons. The molecule has 1 aromatic carbocycles. The molecule has 0 fully saturated rings. The second-order valence-electron chi connectivity index (χ2n) is 4.65. The van der Waals surface area contributed by atoms with E-state index in [0.717, 1.165) is 22.5 Å². The highest BCUT2D eigenvalue weighted by Gasteiger charge is 2.08.